The van der Waals surface area contributed by atoms with Crippen molar-refractivity contribution < 1.29 is 14.6 Å². The summed E-state index contributed by atoms with van der Waals surface area (Å²) >= 11 is 0. The summed E-state index contributed by atoms with van der Waals surface area (Å²) in [7, 11) is 0. The van der Waals surface area contributed by atoms with E-state index in [-0.39, 0.29) is 6.10 Å². The number of rotatable bonds is 3. The molecule has 2 rings (SSSR count). The maximum Gasteiger partial charge on any atom is 0.331 e. The van der Waals surface area contributed by atoms with Crippen LogP contribution in [0.3, 0.4) is 0 Å². The van der Waals surface area contributed by atoms with Gasteiger partial charge in [-0.25, -0.2) is 4.79 Å². The Bertz CT molecular complexity index is 439. The number of carbonyl (C=O) groups is 1. The van der Waals surface area contributed by atoms with Crippen LogP contribution >= 0.6 is 0 Å². The standard InChI is InChI=1S/C15H18O3/c1-11(15(16)17)10-12-5-7-13(8-6-12)14-4-2-3-9-18-14/h5-8,10,14H,2-4,9H2,1H3,(H,16,17). The van der Waals surface area contributed by atoms with Gasteiger partial charge in [0.05, 0.1) is 6.10 Å². The van der Waals surface area contributed by atoms with Crippen molar-refractivity contribution in [3.8, 4) is 0 Å². The summed E-state index contributed by atoms with van der Waals surface area (Å²) in [6.45, 7) is 2.44. The second-order valence-corrected chi connectivity index (χ2v) is 4.65. The van der Waals surface area contributed by atoms with E-state index in [9.17, 15) is 4.79 Å². The van der Waals surface area contributed by atoms with Crippen molar-refractivity contribution in [3.63, 3.8) is 0 Å². The van der Waals surface area contributed by atoms with Crippen LogP contribution in [-0.4, -0.2) is 17.7 Å². The Hall–Kier alpha value is -1.61. The average molecular weight is 246 g/mol. The zero-order valence-corrected chi connectivity index (χ0v) is 10.6. The summed E-state index contributed by atoms with van der Waals surface area (Å²) in [5, 5.41) is 8.81. The molecular weight excluding hydrogens is 228 g/mol. The predicted molar refractivity (Wildman–Crippen MR) is 70.3 cm³/mol. The number of carboxylic acid groups (broad SMARTS) is 1. The Kier molecular flexibility index (Phi) is 4.15. The number of ether oxygens (including phenoxy) is 1. The average Bonchev–Trinajstić information content (AvgIpc) is 2.40. The first kappa shape index (κ1) is 12.8. The molecule has 18 heavy (non-hydrogen) atoms. The highest BCUT2D eigenvalue weighted by molar-refractivity contribution is 5.91. The van der Waals surface area contributed by atoms with Crippen molar-refractivity contribution in [2.24, 2.45) is 0 Å². The molecular formula is C15H18O3. The molecule has 0 saturated carbocycles. The quantitative estimate of drug-likeness (QED) is 0.831. The topological polar surface area (TPSA) is 46.5 Å². The third kappa shape index (κ3) is 3.20. The Morgan fingerprint density at radius 3 is 2.61 bits per heavy atom. The fourth-order valence-corrected chi connectivity index (χ4v) is 2.12. The molecule has 0 radical (unpaired) electrons. The molecule has 0 aliphatic carbocycles. The summed E-state index contributed by atoms with van der Waals surface area (Å²) in [5.74, 6) is -0.880. The van der Waals surface area contributed by atoms with Crippen LogP contribution in [0, 0.1) is 0 Å². The lowest BCUT2D eigenvalue weighted by Crippen LogP contribution is -2.11. The minimum Gasteiger partial charge on any atom is -0.478 e. The highest BCUT2D eigenvalue weighted by Crippen LogP contribution is 2.28. The van der Waals surface area contributed by atoms with Gasteiger partial charge in [0.25, 0.3) is 0 Å². The Labute approximate surface area is 107 Å². The van der Waals surface area contributed by atoms with Crippen LogP contribution in [0.5, 0.6) is 0 Å². The Morgan fingerprint density at radius 1 is 1.33 bits per heavy atom. The van der Waals surface area contributed by atoms with Gasteiger partial charge in [-0.1, -0.05) is 24.3 Å². The van der Waals surface area contributed by atoms with Crippen LogP contribution in [0.25, 0.3) is 6.08 Å². The second-order valence-electron chi connectivity index (χ2n) is 4.65. The molecule has 1 atom stereocenters. The molecule has 0 spiro atoms. The van der Waals surface area contributed by atoms with Crippen LogP contribution in [0.2, 0.25) is 0 Å². The van der Waals surface area contributed by atoms with Gasteiger partial charge in [0.1, 0.15) is 0 Å². The van der Waals surface area contributed by atoms with E-state index in [1.807, 2.05) is 24.3 Å². The molecule has 1 N–H and O–H groups in total. The molecule has 3 nitrogen and oxygen atoms in total. The fraction of sp³-hybridized carbons (Fsp3) is 0.400. The molecule has 1 saturated heterocycles. The van der Waals surface area contributed by atoms with Gasteiger partial charge < -0.3 is 9.84 Å². The third-order valence-electron chi connectivity index (χ3n) is 3.21. The molecule has 1 aliphatic heterocycles. The van der Waals surface area contributed by atoms with Gasteiger partial charge in [-0.05, 0) is 43.4 Å². The minimum atomic E-state index is -0.880. The summed E-state index contributed by atoms with van der Waals surface area (Å²) < 4.78 is 5.71. The van der Waals surface area contributed by atoms with Crippen molar-refractivity contribution >= 4 is 12.0 Å². The van der Waals surface area contributed by atoms with E-state index in [1.165, 1.54) is 12.0 Å². The number of benzene rings is 1. The monoisotopic (exact) mass is 246 g/mol. The first-order valence-electron chi connectivity index (χ1n) is 6.30. The number of aliphatic carboxylic acids is 1. The molecule has 1 unspecified atom stereocenters. The van der Waals surface area contributed by atoms with Gasteiger partial charge in [-0.2, -0.15) is 0 Å². The molecule has 3 heteroatoms. The normalized spacial score (nSPS) is 20.7. The van der Waals surface area contributed by atoms with Crippen LogP contribution in [0.15, 0.2) is 29.8 Å². The van der Waals surface area contributed by atoms with Gasteiger partial charge in [0.15, 0.2) is 0 Å². The minimum absolute atomic E-state index is 0.206. The summed E-state index contributed by atoms with van der Waals surface area (Å²) in [6.07, 6.45) is 5.31. The van der Waals surface area contributed by atoms with Crippen molar-refractivity contribution in [1.82, 2.24) is 0 Å². The molecule has 0 bridgehead atoms. The Morgan fingerprint density at radius 2 is 2.06 bits per heavy atom. The molecule has 1 heterocycles. The molecule has 1 aromatic rings. The highest BCUT2D eigenvalue weighted by atomic mass is 16.5. The van der Waals surface area contributed by atoms with Crippen LogP contribution in [0.1, 0.15) is 43.4 Å². The van der Waals surface area contributed by atoms with E-state index < -0.39 is 5.97 Å². The zero-order chi connectivity index (χ0) is 13.0. The zero-order valence-electron chi connectivity index (χ0n) is 10.6. The van der Waals surface area contributed by atoms with Gasteiger partial charge in [0, 0.05) is 12.2 Å². The fourth-order valence-electron chi connectivity index (χ4n) is 2.12. The maximum absolute atomic E-state index is 10.7. The first-order valence-corrected chi connectivity index (χ1v) is 6.30. The number of hydrogen-bond acceptors (Lipinski definition) is 2. The van der Waals surface area contributed by atoms with E-state index in [0.29, 0.717) is 5.57 Å². The lowest BCUT2D eigenvalue weighted by Gasteiger charge is -2.22. The number of carboxylic acids is 1. The summed E-state index contributed by atoms with van der Waals surface area (Å²) in [4.78, 5) is 10.7. The molecule has 1 aliphatic rings. The molecule has 0 amide bonds. The Balaban J connectivity index is 2.09. The van der Waals surface area contributed by atoms with E-state index in [2.05, 4.69) is 0 Å². The second kappa shape index (κ2) is 5.83. The molecule has 1 fully saturated rings. The molecule has 1 aromatic carbocycles. The van der Waals surface area contributed by atoms with Crippen LogP contribution < -0.4 is 0 Å². The van der Waals surface area contributed by atoms with Crippen molar-refractivity contribution in [2.45, 2.75) is 32.3 Å². The van der Waals surface area contributed by atoms with Gasteiger partial charge >= 0.3 is 5.97 Å². The van der Waals surface area contributed by atoms with E-state index in [1.54, 1.807) is 13.0 Å². The van der Waals surface area contributed by atoms with Crippen molar-refractivity contribution in [2.75, 3.05) is 6.61 Å². The SMILES string of the molecule is CC(=Cc1ccc(C2CCCCO2)cc1)C(=O)O. The largest absolute Gasteiger partial charge is 0.478 e. The summed E-state index contributed by atoms with van der Waals surface area (Å²) in [6, 6.07) is 7.94. The third-order valence-corrected chi connectivity index (χ3v) is 3.21. The van der Waals surface area contributed by atoms with E-state index in [0.717, 1.165) is 25.0 Å². The van der Waals surface area contributed by atoms with E-state index >= 15 is 0 Å². The summed E-state index contributed by atoms with van der Waals surface area (Å²) in [5.41, 5.74) is 2.44. The first-order chi connectivity index (χ1) is 8.66. The van der Waals surface area contributed by atoms with Gasteiger partial charge in [-0.3, -0.25) is 0 Å². The van der Waals surface area contributed by atoms with Crippen LogP contribution in [-0.2, 0) is 9.53 Å². The maximum atomic E-state index is 10.7. The van der Waals surface area contributed by atoms with Crippen molar-refractivity contribution in [3.05, 3.63) is 41.0 Å². The van der Waals surface area contributed by atoms with Crippen LogP contribution in [0.4, 0.5) is 0 Å². The lowest BCUT2D eigenvalue weighted by molar-refractivity contribution is -0.132. The van der Waals surface area contributed by atoms with Crippen molar-refractivity contribution in [1.29, 1.82) is 0 Å². The smallest absolute Gasteiger partial charge is 0.331 e. The van der Waals surface area contributed by atoms with Gasteiger partial charge in [-0.15, -0.1) is 0 Å². The predicted octanol–water partition coefficient (Wildman–Crippen LogP) is 3.42. The highest BCUT2D eigenvalue weighted by Gasteiger charge is 2.15. The van der Waals surface area contributed by atoms with Gasteiger partial charge in [0.2, 0.25) is 0 Å². The molecule has 0 aromatic heterocycles. The lowest BCUT2D eigenvalue weighted by atomic mass is 10.00. The number of hydrogen-bond donors (Lipinski definition) is 1. The van der Waals surface area contributed by atoms with E-state index in [4.69, 9.17) is 9.84 Å². The molecule has 96 valence electrons.